The molecule has 2 aromatic carbocycles. The molecule has 1 atom stereocenters. The molecule has 0 radical (unpaired) electrons. The van der Waals surface area contributed by atoms with E-state index in [1.807, 2.05) is 6.07 Å². The Kier molecular flexibility index (Phi) is 16.6. The van der Waals surface area contributed by atoms with Crippen molar-refractivity contribution in [3.05, 3.63) is 65.7 Å². The molecular weight excluding hydrogens is 482 g/mol. The second-order valence-corrected chi connectivity index (χ2v) is 11.7. The van der Waals surface area contributed by atoms with Crippen LogP contribution in [0.2, 0.25) is 0 Å². The molecule has 4 heteroatoms. The van der Waals surface area contributed by atoms with Gasteiger partial charge in [0.15, 0.2) is 6.04 Å². The van der Waals surface area contributed by atoms with Crippen LogP contribution < -0.4 is 4.74 Å². The summed E-state index contributed by atoms with van der Waals surface area (Å²) < 4.78 is 12.2. The van der Waals surface area contributed by atoms with E-state index in [0.29, 0.717) is 24.1 Å². The van der Waals surface area contributed by atoms with Crippen molar-refractivity contribution in [2.24, 2.45) is 0 Å². The number of esters is 1. The minimum absolute atomic E-state index is 0.103. The van der Waals surface area contributed by atoms with Crippen LogP contribution in [0, 0.1) is 0 Å². The highest BCUT2D eigenvalue weighted by molar-refractivity contribution is 5.74. The van der Waals surface area contributed by atoms with E-state index in [1.54, 1.807) is 0 Å². The zero-order chi connectivity index (χ0) is 28.2. The third-order valence-corrected chi connectivity index (χ3v) is 7.65. The average Bonchev–Trinajstić information content (AvgIpc) is 2.93. The molecule has 0 bridgehead atoms. The van der Waals surface area contributed by atoms with E-state index in [0.717, 1.165) is 31.6 Å². The topological polar surface area (TPSA) is 35.5 Å². The van der Waals surface area contributed by atoms with Crippen molar-refractivity contribution >= 4 is 5.97 Å². The van der Waals surface area contributed by atoms with Gasteiger partial charge in [0.05, 0.1) is 27.3 Å². The van der Waals surface area contributed by atoms with Gasteiger partial charge in [-0.1, -0.05) is 114 Å². The molecule has 0 aliphatic carbocycles. The number of benzene rings is 2. The van der Waals surface area contributed by atoms with Crippen LogP contribution in [0.15, 0.2) is 54.6 Å². The highest BCUT2D eigenvalue weighted by Crippen LogP contribution is 2.20. The van der Waals surface area contributed by atoms with Gasteiger partial charge < -0.3 is 14.0 Å². The number of carbonyl (C=O) groups is 1. The molecule has 0 aromatic heterocycles. The minimum atomic E-state index is -0.167. The predicted octanol–water partition coefficient (Wildman–Crippen LogP) is 8.91. The summed E-state index contributed by atoms with van der Waals surface area (Å²) >= 11 is 0. The summed E-state index contributed by atoms with van der Waals surface area (Å²) in [6.45, 7) is 6.14. The van der Waals surface area contributed by atoms with E-state index < -0.39 is 0 Å². The highest BCUT2D eigenvalue weighted by Gasteiger charge is 2.35. The molecule has 2 aromatic rings. The number of ether oxygens (including phenoxy) is 2. The van der Waals surface area contributed by atoms with Crippen LogP contribution in [0.3, 0.4) is 0 Å². The van der Waals surface area contributed by atoms with Crippen molar-refractivity contribution in [2.75, 3.05) is 27.3 Å². The summed E-state index contributed by atoms with van der Waals surface area (Å²) in [5.74, 6) is 0.784. The Labute approximate surface area is 239 Å². The zero-order valence-corrected chi connectivity index (χ0v) is 25.5. The first-order chi connectivity index (χ1) is 19.0. The second kappa shape index (κ2) is 19.7. The molecular formula is C35H56NO3+. The first-order valence-corrected chi connectivity index (χ1v) is 15.7. The van der Waals surface area contributed by atoms with Gasteiger partial charge in [-0.25, -0.2) is 4.79 Å². The molecule has 0 heterocycles. The van der Waals surface area contributed by atoms with Gasteiger partial charge in [-0.3, -0.25) is 0 Å². The Balaban J connectivity index is 1.59. The molecule has 0 fully saturated rings. The Morgan fingerprint density at radius 1 is 0.692 bits per heavy atom. The lowest BCUT2D eigenvalue weighted by atomic mass is 10.0. The summed E-state index contributed by atoms with van der Waals surface area (Å²) in [5, 5.41) is 0. The van der Waals surface area contributed by atoms with E-state index in [9.17, 15) is 4.79 Å². The number of quaternary nitrogens is 1. The SMILES string of the molecule is CCCCCCCCCCCCc1ccc(OCCCOC(=O)C(CCC)[N+](C)(C)Cc2ccccc2)cc1. The Hall–Kier alpha value is -2.33. The van der Waals surface area contributed by atoms with Crippen molar-refractivity contribution in [1.82, 2.24) is 0 Å². The molecule has 0 amide bonds. The molecule has 2 rings (SSSR count). The summed E-state index contributed by atoms with van der Waals surface area (Å²) in [6.07, 6.45) is 17.3. The molecule has 0 spiro atoms. The summed E-state index contributed by atoms with van der Waals surface area (Å²) in [7, 11) is 4.25. The van der Waals surface area contributed by atoms with Crippen LogP contribution in [0.5, 0.6) is 5.75 Å². The van der Waals surface area contributed by atoms with E-state index >= 15 is 0 Å². The lowest BCUT2D eigenvalue weighted by molar-refractivity contribution is -0.920. The average molecular weight is 539 g/mol. The standard InChI is InChI=1S/C35H56NO3/c1-5-7-8-9-10-11-12-13-14-16-21-31-24-26-33(27-25-31)38-28-19-29-39-35(37)34(20-6-2)36(3,4)30-32-22-17-15-18-23-32/h15,17-18,22-27,34H,5-14,16,19-21,28-30H2,1-4H3/q+1. The van der Waals surface area contributed by atoms with E-state index in [-0.39, 0.29) is 12.0 Å². The van der Waals surface area contributed by atoms with Crippen LogP contribution >= 0.6 is 0 Å². The van der Waals surface area contributed by atoms with Crippen molar-refractivity contribution in [2.45, 2.75) is 116 Å². The van der Waals surface area contributed by atoms with Crippen molar-refractivity contribution < 1.29 is 18.8 Å². The van der Waals surface area contributed by atoms with Crippen molar-refractivity contribution in [1.29, 1.82) is 0 Å². The van der Waals surface area contributed by atoms with Crippen LogP contribution in [-0.2, 0) is 22.5 Å². The number of nitrogens with zero attached hydrogens (tertiary/aromatic N) is 1. The maximum atomic E-state index is 13.0. The molecule has 0 saturated heterocycles. The number of carbonyl (C=O) groups excluding carboxylic acids is 1. The number of likely N-dealkylation sites (N-methyl/N-ethyl adjacent to an activating group) is 1. The number of hydrogen-bond acceptors (Lipinski definition) is 3. The van der Waals surface area contributed by atoms with Gasteiger partial charge in [0.1, 0.15) is 12.3 Å². The first kappa shape index (κ1) is 32.9. The van der Waals surface area contributed by atoms with Crippen LogP contribution in [0.1, 0.15) is 108 Å². The quantitative estimate of drug-likeness (QED) is 0.0853. The van der Waals surface area contributed by atoms with E-state index in [4.69, 9.17) is 9.47 Å². The van der Waals surface area contributed by atoms with Gasteiger partial charge in [-0.2, -0.15) is 0 Å². The monoisotopic (exact) mass is 538 g/mol. The largest absolute Gasteiger partial charge is 0.493 e. The maximum absolute atomic E-state index is 13.0. The van der Waals surface area contributed by atoms with Gasteiger partial charge in [-0.15, -0.1) is 0 Å². The van der Waals surface area contributed by atoms with Crippen molar-refractivity contribution in [3.8, 4) is 5.75 Å². The Morgan fingerprint density at radius 3 is 1.92 bits per heavy atom. The molecule has 0 N–H and O–H groups in total. The first-order valence-electron chi connectivity index (χ1n) is 15.7. The van der Waals surface area contributed by atoms with Crippen LogP contribution in [0.4, 0.5) is 0 Å². The number of rotatable bonds is 22. The van der Waals surface area contributed by atoms with E-state index in [2.05, 4.69) is 76.5 Å². The third-order valence-electron chi connectivity index (χ3n) is 7.65. The number of aryl methyl sites for hydroxylation is 1. The fraction of sp³-hybridized carbons (Fsp3) is 0.629. The number of unbranched alkanes of at least 4 members (excludes halogenated alkanes) is 9. The number of hydrogen-bond donors (Lipinski definition) is 0. The maximum Gasteiger partial charge on any atom is 0.364 e. The Bertz CT molecular complexity index is 879. The fourth-order valence-electron chi connectivity index (χ4n) is 5.28. The summed E-state index contributed by atoms with van der Waals surface area (Å²) in [4.78, 5) is 13.0. The second-order valence-electron chi connectivity index (χ2n) is 11.7. The Morgan fingerprint density at radius 2 is 1.31 bits per heavy atom. The third kappa shape index (κ3) is 14.0. The van der Waals surface area contributed by atoms with Gasteiger partial charge in [0.25, 0.3) is 0 Å². The lowest BCUT2D eigenvalue weighted by Crippen LogP contribution is -2.52. The summed E-state index contributed by atoms with van der Waals surface area (Å²) in [6, 6.07) is 18.7. The summed E-state index contributed by atoms with van der Waals surface area (Å²) in [5.41, 5.74) is 2.62. The molecule has 0 aliphatic rings. The molecule has 218 valence electrons. The highest BCUT2D eigenvalue weighted by atomic mass is 16.5. The van der Waals surface area contributed by atoms with Gasteiger partial charge >= 0.3 is 5.97 Å². The van der Waals surface area contributed by atoms with E-state index in [1.165, 1.54) is 75.3 Å². The molecule has 0 aliphatic heterocycles. The smallest absolute Gasteiger partial charge is 0.364 e. The van der Waals surface area contributed by atoms with Gasteiger partial charge in [0, 0.05) is 18.4 Å². The zero-order valence-electron chi connectivity index (χ0n) is 25.5. The minimum Gasteiger partial charge on any atom is -0.493 e. The van der Waals surface area contributed by atoms with Gasteiger partial charge in [0.2, 0.25) is 0 Å². The van der Waals surface area contributed by atoms with Crippen LogP contribution in [0.25, 0.3) is 0 Å². The van der Waals surface area contributed by atoms with Crippen LogP contribution in [-0.4, -0.2) is 43.8 Å². The lowest BCUT2D eigenvalue weighted by Gasteiger charge is -2.36. The predicted molar refractivity (Wildman–Crippen MR) is 164 cm³/mol. The molecule has 39 heavy (non-hydrogen) atoms. The van der Waals surface area contributed by atoms with Gasteiger partial charge in [-0.05, 0) is 37.0 Å². The van der Waals surface area contributed by atoms with Crippen molar-refractivity contribution in [3.63, 3.8) is 0 Å². The molecule has 1 unspecified atom stereocenters. The normalized spacial score (nSPS) is 12.3. The molecule has 4 nitrogen and oxygen atoms in total. The molecule has 0 saturated carbocycles. The fourth-order valence-corrected chi connectivity index (χ4v) is 5.28.